The van der Waals surface area contributed by atoms with Gasteiger partial charge in [-0.1, -0.05) is 30.3 Å². The van der Waals surface area contributed by atoms with E-state index in [-0.39, 0.29) is 5.91 Å². The lowest BCUT2D eigenvalue weighted by Crippen LogP contribution is -2.16. The number of nitrogens with one attached hydrogen (secondary N) is 1. The Morgan fingerprint density at radius 3 is 2.32 bits per heavy atom. The molecule has 0 atom stereocenters. The van der Waals surface area contributed by atoms with Crippen LogP contribution in [0.4, 0.5) is 17.3 Å². The van der Waals surface area contributed by atoms with Gasteiger partial charge in [-0.25, -0.2) is 9.97 Å². The average molecular weight is 332 g/mol. The molecule has 1 aromatic heterocycles. The number of anilines is 3. The zero-order valence-corrected chi connectivity index (χ0v) is 14.5. The molecule has 0 saturated carbocycles. The SMILES string of the molecule is Cc1cccc(NC(=O)c2cnc(N(C)c3ccccc3)nc2)c1C. The van der Waals surface area contributed by atoms with E-state index in [4.69, 9.17) is 0 Å². The van der Waals surface area contributed by atoms with E-state index < -0.39 is 0 Å². The molecule has 3 rings (SSSR count). The number of hydrogen-bond acceptors (Lipinski definition) is 4. The van der Waals surface area contributed by atoms with Gasteiger partial charge in [0.1, 0.15) is 0 Å². The first-order valence-corrected chi connectivity index (χ1v) is 8.04. The highest BCUT2D eigenvalue weighted by Crippen LogP contribution is 2.20. The summed E-state index contributed by atoms with van der Waals surface area (Å²) in [6.45, 7) is 4.00. The largest absolute Gasteiger partial charge is 0.322 e. The van der Waals surface area contributed by atoms with E-state index in [0.29, 0.717) is 11.5 Å². The van der Waals surface area contributed by atoms with Crippen molar-refractivity contribution in [1.82, 2.24) is 9.97 Å². The monoisotopic (exact) mass is 332 g/mol. The topological polar surface area (TPSA) is 58.1 Å². The molecule has 3 aromatic rings. The van der Waals surface area contributed by atoms with Gasteiger partial charge in [0.2, 0.25) is 5.95 Å². The van der Waals surface area contributed by atoms with Crippen LogP contribution in [0, 0.1) is 13.8 Å². The fourth-order valence-corrected chi connectivity index (χ4v) is 2.46. The number of aromatic nitrogens is 2. The van der Waals surface area contributed by atoms with Crippen LogP contribution in [0.25, 0.3) is 0 Å². The van der Waals surface area contributed by atoms with Gasteiger partial charge >= 0.3 is 0 Å². The molecule has 0 aliphatic heterocycles. The summed E-state index contributed by atoms with van der Waals surface area (Å²) in [5.41, 5.74) is 4.39. The molecule has 2 aromatic carbocycles. The molecule has 0 spiro atoms. The van der Waals surface area contributed by atoms with Crippen molar-refractivity contribution in [3.05, 3.63) is 77.6 Å². The van der Waals surface area contributed by atoms with Crippen molar-refractivity contribution in [3.63, 3.8) is 0 Å². The summed E-state index contributed by atoms with van der Waals surface area (Å²) < 4.78 is 0. The average Bonchev–Trinajstić information content (AvgIpc) is 2.65. The predicted molar refractivity (Wildman–Crippen MR) is 100 cm³/mol. The fourth-order valence-electron chi connectivity index (χ4n) is 2.46. The van der Waals surface area contributed by atoms with Crippen LogP contribution in [0.3, 0.4) is 0 Å². The summed E-state index contributed by atoms with van der Waals surface area (Å²) in [6.07, 6.45) is 3.09. The molecular formula is C20H20N4O. The number of carbonyl (C=O) groups excluding carboxylic acids is 1. The third-order valence-electron chi connectivity index (χ3n) is 4.20. The first kappa shape index (κ1) is 16.6. The molecule has 0 aliphatic rings. The van der Waals surface area contributed by atoms with Gasteiger partial charge in [-0.3, -0.25) is 4.79 Å². The molecule has 0 aliphatic carbocycles. The molecule has 126 valence electrons. The summed E-state index contributed by atoms with van der Waals surface area (Å²) in [6, 6.07) is 15.6. The zero-order chi connectivity index (χ0) is 17.8. The molecule has 0 saturated heterocycles. The van der Waals surface area contributed by atoms with Crippen LogP contribution < -0.4 is 10.2 Å². The molecule has 0 radical (unpaired) electrons. The Hall–Kier alpha value is -3.21. The van der Waals surface area contributed by atoms with Gasteiger partial charge in [-0.15, -0.1) is 0 Å². The first-order valence-electron chi connectivity index (χ1n) is 8.04. The Labute approximate surface area is 147 Å². The lowest BCUT2D eigenvalue weighted by atomic mass is 10.1. The van der Waals surface area contributed by atoms with Gasteiger partial charge in [-0.05, 0) is 43.2 Å². The number of amides is 1. The normalized spacial score (nSPS) is 10.4. The van der Waals surface area contributed by atoms with Crippen LogP contribution >= 0.6 is 0 Å². The van der Waals surface area contributed by atoms with Gasteiger partial charge in [0, 0.05) is 30.8 Å². The third-order valence-corrected chi connectivity index (χ3v) is 4.20. The van der Waals surface area contributed by atoms with Crippen LogP contribution in [-0.2, 0) is 0 Å². The number of hydrogen-bond donors (Lipinski definition) is 1. The molecular weight excluding hydrogens is 312 g/mol. The minimum absolute atomic E-state index is 0.220. The highest BCUT2D eigenvalue weighted by atomic mass is 16.1. The van der Waals surface area contributed by atoms with Crippen molar-refractivity contribution in [3.8, 4) is 0 Å². The van der Waals surface area contributed by atoms with Crippen LogP contribution in [0.2, 0.25) is 0 Å². The van der Waals surface area contributed by atoms with Crippen molar-refractivity contribution >= 4 is 23.2 Å². The summed E-state index contributed by atoms with van der Waals surface area (Å²) in [4.78, 5) is 22.9. The molecule has 1 heterocycles. The number of nitrogens with zero attached hydrogens (tertiary/aromatic N) is 3. The molecule has 5 nitrogen and oxygen atoms in total. The van der Waals surface area contributed by atoms with Gasteiger partial charge < -0.3 is 10.2 Å². The van der Waals surface area contributed by atoms with Gasteiger partial charge in [0.25, 0.3) is 5.91 Å². The quantitative estimate of drug-likeness (QED) is 0.781. The van der Waals surface area contributed by atoms with Crippen molar-refractivity contribution in [1.29, 1.82) is 0 Å². The van der Waals surface area contributed by atoms with Crippen LogP contribution in [0.15, 0.2) is 60.9 Å². The zero-order valence-electron chi connectivity index (χ0n) is 14.5. The maximum absolute atomic E-state index is 12.4. The Morgan fingerprint density at radius 2 is 1.64 bits per heavy atom. The van der Waals surface area contributed by atoms with Gasteiger partial charge in [0.15, 0.2) is 0 Å². The Bertz CT molecular complexity index is 876. The molecule has 0 unspecified atom stereocenters. The van der Waals surface area contributed by atoms with Crippen LogP contribution in [0.5, 0.6) is 0 Å². The van der Waals surface area contributed by atoms with Crippen LogP contribution in [0.1, 0.15) is 21.5 Å². The van der Waals surface area contributed by atoms with E-state index in [1.54, 1.807) is 12.4 Å². The lowest BCUT2D eigenvalue weighted by Gasteiger charge is -2.17. The summed E-state index contributed by atoms with van der Waals surface area (Å²) >= 11 is 0. The number of aryl methyl sites for hydroxylation is 1. The smallest absolute Gasteiger partial charge is 0.258 e. The molecule has 1 amide bonds. The highest BCUT2D eigenvalue weighted by molar-refractivity contribution is 6.04. The van der Waals surface area contributed by atoms with E-state index >= 15 is 0 Å². The second-order valence-electron chi connectivity index (χ2n) is 5.87. The molecule has 0 fully saturated rings. The minimum atomic E-state index is -0.220. The van der Waals surface area contributed by atoms with Gasteiger partial charge in [0.05, 0.1) is 5.56 Å². The molecule has 1 N–H and O–H groups in total. The lowest BCUT2D eigenvalue weighted by molar-refractivity contribution is 0.102. The Kier molecular flexibility index (Phi) is 4.75. The van der Waals surface area contributed by atoms with Crippen molar-refractivity contribution in [2.45, 2.75) is 13.8 Å². The Balaban J connectivity index is 1.76. The van der Waals surface area contributed by atoms with Crippen molar-refractivity contribution in [2.75, 3.05) is 17.3 Å². The summed E-state index contributed by atoms with van der Waals surface area (Å²) in [5.74, 6) is 0.317. The van der Waals surface area contributed by atoms with Crippen molar-refractivity contribution in [2.24, 2.45) is 0 Å². The number of carbonyl (C=O) groups is 1. The summed E-state index contributed by atoms with van der Waals surface area (Å²) in [7, 11) is 1.89. The predicted octanol–water partition coefficient (Wildman–Crippen LogP) is 4.11. The van der Waals surface area contributed by atoms with Crippen LogP contribution in [-0.4, -0.2) is 22.9 Å². The maximum atomic E-state index is 12.4. The molecule has 25 heavy (non-hydrogen) atoms. The minimum Gasteiger partial charge on any atom is -0.322 e. The number of para-hydroxylation sites is 1. The van der Waals surface area contributed by atoms with Gasteiger partial charge in [-0.2, -0.15) is 0 Å². The van der Waals surface area contributed by atoms with E-state index in [9.17, 15) is 4.79 Å². The fraction of sp³-hybridized carbons (Fsp3) is 0.150. The standard InChI is InChI=1S/C20H20N4O/c1-14-8-7-11-18(15(14)2)23-19(25)16-12-21-20(22-13-16)24(3)17-9-5-4-6-10-17/h4-13H,1-3H3,(H,23,25). The molecule has 0 bridgehead atoms. The summed E-state index contributed by atoms with van der Waals surface area (Å²) in [5, 5.41) is 2.92. The van der Waals surface area contributed by atoms with E-state index in [1.165, 1.54) is 0 Å². The maximum Gasteiger partial charge on any atom is 0.258 e. The van der Waals surface area contributed by atoms with E-state index in [2.05, 4.69) is 15.3 Å². The van der Waals surface area contributed by atoms with E-state index in [0.717, 1.165) is 22.5 Å². The highest BCUT2D eigenvalue weighted by Gasteiger charge is 2.12. The molecule has 5 heteroatoms. The second-order valence-corrected chi connectivity index (χ2v) is 5.87. The van der Waals surface area contributed by atoms with E-state index in [1.807, 2.05) is 74.3 Å². The second kappa shape index (κ2) is 7.13. The first-order chi connectivity index (χ1) is 12.1. The third kappa shape index (κ3) is 3.66. The number of rotatable bonds is 4. The number of benzene rings is 2. The van der Waals surface area contributed by atoms with Crippen molar-refractivity contribution < 1.29 is 4.79 Å². The Morgan fingerprint density at radius 1 is 0.960 bits per heavy atom.